The molecule has 0 radical (unpaired) electrons. The van der Waals surface area contributed by atoms with Gasteiger partial charge in [0.15, 0.2) is 5.16 Å². The van der Waals surface area contributed by atoms with Gasteiger partial charge in [-0.1, -0.05) is 19.1 Å². The molecule has 1 atom stereocenters. The summed E-state index contributed by atoms with van der Waals surface area (Å²) < 4.78 is 26.8. The fourth-order valence-electron chi connectivity index (χ4n) is 1.94. The van der Waals surface area contributed by atoms with E-state index in [1.807, 2.05) is 13.8 Å². The second-order valence-electron chi connectivity index (χ2n) is 4.72. The van der Waals surface area contributed by atoms with Crippen LogP contribution in [0.2, 0.25) is 0 Å². The van der Waals surface area contributed by atoms with Gasteiger partial charge in [-0.15, -0.1) is 0 Å². The molecule has 1 aromatic carbocycles. The molecule has 2 aromatic rings. The minimum absolute atomic E-state index is 0.0140. The summed E-state index contributed by atoms with van der Waals surface area (Å²) in [5.74, 6) is -2.78. The van der Waals surface area contributed by atoms with E-state index in [-0.39, 0.29) is 23.7 Å². The molecule has 21 heavy (non-hydrogen) atoms. The highest BCUT2D eigenvalue weighted by molar-refractivity contribution is 7.99. The van der Waals surface area contributed by atoms with Crippen molar-refractivity contribution in [3.63, 3.8) is 0 Å². The lowest BCUT2D eigenvalue weighted by Crippen LogP contribution is -2.34. The van der Waals surface area contributed by atoms with Crippen molar-refractivity contribution < 1.29 is 13.6 Å². The molecule has 1 amide bonds. The van der Waals surface area contributed by atoms with Crippen molar-refractivity contribution in [2.24, 2.45) is 0 Å². The van der Waals surface area contributed by atoms with Crippen LogP contribution in [0.4, 0.5) is 8.78 Å². The van der Waals surface area contributed by atoms with Crippen LogP contribution in [0.15, 0.2) is 29.4 Å². The fraction of sp³-hybridized carbons (Fsp3) is 0.429. The molecule has 0 aliphatic heterocycles. The summed E-state index contributed by atoms with van der Waals surface area (Å²) in [6.45, 7) is 3.86. The van der Waals surface area contributed by atoms with E-state index < -0.39 is 5.76 Å². The Morgan fingerprint density at radius 1 is 1.43 bits per heavy atom. The largest absolute Gasteiger partial charge is 0.352 e. The molecule has 114 valence electrons. The summed E-state index contributed by atoms with van der Waals surface area (Å²) in [6, 6.07) is 7.15. The van der Waals surface area contributed by atoms with Crippen molar-refractivity contribution in [2.75, 3.05) is 0 Å². The summed E-state index contributed by atoms with van der Waals surface area (Å²) in [4.78, 5) is 16.2. The van der Waals surface area contributed by atoms with Crippen LogP contribution in [0.25, 0.3) is 11.0 Å². The zero-order valence-corrected chi connectivity index (χ0v) is 12.7. The topological polar surface area (TPSA) is 46.9 Å². The van der Waals surface area contributed by atoms with E-state index in [0.717, 1.165) is 6.42 Å². The first-order chi connectivity index (χ1) is 10.0. The van der Waals surface area contributed by atoms with Crippen molar-refractivity contribution in [3.8, 4) is 0 Å². The average molecular weight is 313 g/mol. The monoisotopic (exact) mass is 313 g/mol. The van der Waals surface area contributed by atoms with Crippen molar-refractivity contribution in [2.45, 2.75) is 43.8 Å². The van der Waals surface area contributed by atoms with E-state index >= 15 is 0 Å². The van der Waals surface area contributed by atoms with E-state index in [9.17, 15) is 13.6 Å². The van der Waals surface area contributed by atoms with Gasteiger partial charge in [-0.05, 0) is 37.2 Å². The lowest BCUT2D eigenvalue weighted by atomic mass is 10.2. The van der Waals surface area contributed by atoms with Gasteiger partial charge in [0.1, 0.15) is 6.54 Å². The number of hydrogen-bond acceptors (Lipinski definition) is 3. The molecule has 0 bridgehead atoms. The van der Waals surface area contributed by atoms with Crippen LogP contribution >= 0.6 is 11.8 Å². The standard InChI is InChI=1S/C14H17F2N3OS/c1-3-9(2)17-12(20)8-19-11-7-5-4-6-10(11)18-14(19)21-13(15)16/h4-7,9,13H,3,8H2,1-2H3,(H,17,20). The van der Waals surface area contributed by atoms with E-state index in [0.29, 0.717) is 22.8 Å². The summed E-state index contributed by atoms with van der Waals surface area (Å²) in [7, 11) is 0. The van der Waals surface area contributed by atoms with Crippen LogP contribution in [0.5, 0.6) is 0 Å². The Morgan fingerprint density at radius 2 is 2.14 bits per heavy atom. The van der Waals surface area contributed by atoms with Crippen molar-refractivity contribution in [1.82, 2.24) is 14.9 Å². The zero-order valence-electron chi connectivity index (χ0n) is 11.8. The number of imidazole rings is 1. The molecule has 1 N–H and O–H groups in total. The molecule has 0 spiro atoms. The molecular weight excluding hydrogens is 296 g/mol. The SMILES string of the molecule is CCC(C)NC(=O)Cn1c(SC(F)F)nc2ccccc21. The van der Waals surface area contributed by atoms with Gasteiger partial charge >= 0.3 is 0 Å². The minimum atomic E-state index is -2.57. The van der Waals surface area contributed by atoms with Gasteiger partial charge in [0.25, 0.3) is 5.76 Å². The number of thioether (sulfide) groups is 1. The number of amides is 1. The summed E-state index contributed by atoms with van der Waals surface area (Å²) in [5, 5.41) is 2.99. The highest BCUT2D eigenvalue weighted by atomic mass is 32.2. The van der Waals surface area contributed by atoms with E-state index in [1.54, 1.807) is 24.3 Å². The number of halogens is 2. The number of carbonyl (C=O) groups excluding carboxylic acids is 1. The fourth-order valence-corrected chi connectivity index (χ4v) is 2.54. The molecule has 0 aliphatic rings. The van der Waals surface area contributed by atoms with E-state index in [4.69, 9.17) is 0 Å². The predicted molar refractivity (Wildman–Crippen MR) is 79.5 cm³/mol. The molecular formula is C14H17F2N3OS. The molecule has 2 rings (SSSR count). The maximum absolute atomic E-state index is 12.6. The number of benzene rings is 1. The summed E-state index contributed by atoms with van der Waals surface area (Å²) >= 11 is 0.356. The zero-order chi connectivity index (χ0) is 15.4. The number of fused-ring (bicyclic) bond motifs is 1. The Bertz CT molecular complexity index is 630. The Morgan fingerprint density at radius 3 is 2.81 bits per heavy atom. The van der Waals surface area contributed by atoms with Gasteiger partial charge in [-0.25, -0.2) is 4.98 Å². The molecule has 0 saturated heterocycles. The Hall–Kier alpha value is -1.63. The highest BCUT2D eigenvalue weighted by Crippen LogP contribution is 2.28. The number of hydrogen-bond donors (Lipinski definition) is 1. The summed E-state index contributed by atoms with van der Waals surface area (Å²) in [5.41, 5.74) is 1.29. The number of nitrogens with one attached hydrogen (secondary N) is 1. The number of rotatable bonds is 6. The number of alkyl halides is 2. The van der Waals surface area contributed by atoms with Crippen LogP contribution in [-0.2, 0) is 11.3 Å². The van der Waals surface area contributed by atoms with E-state index in [1.165, 1.54) is 4.57 Å². The number of carbonyl (C=O) groups is 1. The van der Waals surface area contributed by atoms with E-state index in [2.05, 4.69) is 10.3 Å². The molecule has 4 nitrogen and oxygen atoms in total. The van der Waals surface area contributed by atoms with Crippen LogP contribution in [0.3, 0.4) is 0 Å². The Balaban J connectivity index is 2.29. The van der Waals surface area contributed by atoms with Gasteiger partial charge in [0.2, 0.25) is 5.91 Å². The van der Waals surface area contributed by atoms with Gasteiger partial charge in [0.05, 0.1) is 11.0 Å². The first-order valence-electron chi connectivity index (χ1n) is 6.70. The second-order valence-corrected chi connectivity index (χ2v) is 5.68. The lowest BCUT2D eigenvalue weighted by Gasteiger charge is -2.13. The highest BCUT2D eigenvalue weighted by Gasteiger charge is 2.18. The molecule has 0 fully saturated rings. The third-order valence-corrected chi connectivity index (χ3v) is 3.84. The number of aromatic nitrogens is 2. The van der Waals surface area contributed by atoms with Gasteiger partial charge in [-0.3, -0.25) is 4.79 Å². The molecule has 1 aromatic heterocycles. The first-order valence-corrected chi connectivity index (χ1v) is 7.58. The number of para-hydroxylation sites is 2. The predicted octanol–water partition coefficient (Wildman–Crippen LogP) is 3.27. The smallest absolute Gasteiger partial charge is 0.291 e. The van der Waals surface area contributed by atoms with Crippen molar-refractivity contribution >= 4 is 28.7 Å². The van der Waals surface area contributed by atoms with Crippen molar-refractivity contribution in [3.05, 3.63) is 24.3 Å². The lowest BCUT2D eigenvalue weighted by molar-refractivity contribution is -0.122. The average Bonchev–Trinajstić information content (AvgIpc) is 2.76. The molecule has 0 aliphatic carbocycles. The number of nitrogens with zero attached hydrogens (tertiary/aromatic N) is 2. The third kappa shape index (κ3) is 3.93. The summed E-state index contributed by atoms with van der Waals surface area (Å²) in [6.07, 6.45) is 0.815. The Labute approximate surface area is 125 Å². The second kappa shape index (κ2) is 6.89. The van der Waals surface area contributed by atoms with Gasteiger partial charge in [0, 0.05) is 6.04 Å². The minimum Gasteiger partial charge on any atom is -0.352 e. The third-order valence-electron chi connectivity index (χ3n) is 3.14. The molecule has 1 unspecified atom stereocenters. The molecule has 0 saturated carbocycles. The molecule has 1 heterocycles. The van der Waals surface area contributed by atoms with Crippen LogP contribution in [0.1, 0.15) is 20.3 Å². The van der Waals surface area contributed by atoms with Gasteiger partial charge in [-0.2, -0.15) is 8.78 Å². The quantitative estimate of drug-likeness (QED) is 0.833. The first kappa shape index (κ1) is 15.8. The molecule has 7 heteroatoms. The normalized spacial score (nSPS) is 12.8. The van der Waals surface area contributed by atoms with Crippen LogP contribution in [0, 0.1) is 0 Å². The van der Waals surface area contributed by atoms with Crippen molar-refractivity contribution in [1.29, 1.82) is 0 Å². The maximum atomic E-state index is 12.6. The van der Waals surface area contributed by atoms with Gasteiger partial charge < -0.3 is 9.88 Å². The van der Waals surface area contributed by atoms with Crippen LogP contribution in [-0.4, -0.2) is 27.3 Å². The van der Waals surface area contributed by atoms with Crippen LogP contribution < -0.4 is 5.32 Å². The maximum Gasteiger partial charge on any atom is 0.291 e. The Kier molecular flexibility index (Phi) is 5.17.